The van der Waals surface area contributed by atoms with E-state index in [1.165, 1.54) is 12.7 Å². The Morgan fingerprint density at radius 2 is 1.96 bits per heavy atom. The molecule has 1 N–H and O–H groups in total. The van der Waals surface area contributed by atoms with Crippen molar-refractivity contribution in [2.75, 3.05) is 12.4 Å². The van der Waals surface area contributed by atoms with Crippen LogP contribution >= 0.6 is 11.6 Å². The SMILES string of the molecule is COC(=O)c1ccc(C)c2c1[C@@H]1C=CC[C@H]1[C@@H](c1ccc(Cl)cc1)N2. The fourth-order valence-corrected chi connectivity index (χ4v) is 4.27. The van der Waals surface area contributed by atoms with E-state index in [0.717, 1.165) is 28.3 Å². The summed E-state index contributed by atoms with van der Waals surface area (Å²) in [6.07, 6.45) is 5.44. The Morgan fingerprint density at radius 3 is 2.68 bits per heavy atom. The molecule has 3 atom stereocenters. The molecule has 2 aliphatic rings. The summed E-state index contributed by atoms with van der Waals surface area (Å²) in [6.45, 7) is 2.07. The minimum atomic E-state index is -0.276. The van der Waals surface area contributed by atoms with Gasteiger partial charge in [-0.2, -0.15) is 0 Å². The van der Waals surface area contributed by atoms with Gasteiger partial charge in [0.15, 0.2) is 0 Å². The molecule has 3 nitrogen and oxygen atoms in total. The van der Waals surface area contributed by atoms with Crippen LogP contribution in [0.2, 0.25) is 5.02 Å². The largest absolute Gasteiger partial charge is 0.465 e. The third-order valence-electron chi connectivity index (χ3n) is 5.36. The molecule has 0 saturated heterocycles. The standard InChI is InChI=1S/C21H20ClNO2/c1-12-6-11-17(21(24)25-2)18-15-4-3-5-16(15)20(23-19(12)18)13-7-9-14(22)10-8-13/h3-4,6-11,15-16,20,23H,5H2,1-2H3/t15-,16-,20-/m1/s1. The van der Waals surface area contributed by atoms with E-state index in [4.69, 9.17) is 16.3 Å². The highest BCUT2D eigenvalue weighted by Crippen LogP contribution is 2.51. The van der Waals surface area contributed by atoms with Gasteiger partial charge in [-0.3, -0.25) is 0 Å². The molecular weight excluding hydrogens is 334 g/mol. The maximum atomic E-state index is 12.3. The third-order valence-corrected chi connectivity index (χ3v) is 5.61. The fraction of sp³-hybridized carbons (Fsp3) is 0.286. The van der Waals surface area contributed by atoms with Gasteiger partial charge in [0.2, 0.25) is 0 Å². The zero-order valence-electron chi connectivity index (χ0n) is 14.3. The van der Waals surface area contributed by atoms with Crippen molar-refractivity contribution in [1.29, 1.82) is 0 Å². The summed E-state index contributed by atoms with van der Waals surface area (Å²) >= 11 is 6.06. The van der Waals surface area contributed by atoms with Gasteiger partial charge in [0, 0.05) is 16.6 Å². The maximum Gasteiger partial charge on any atom is 0.338 e. The second-order valence-corrected chi connectivity index (χ2v) is 7.17. The topological polar surface area (TPSA) is 38.3 Å². The Balaban J connectivity index is 1.85. The van der Waals surface area contributed by atoms with Crippen LogP contribution in [0.4, 0.5) is 5.69 Å². The minimum absolute atomic E-state index is 0.191. The normalized spacial score (nSPS) is 23.6. The van der Waals surface area contributed by atoms with E-state index in [0.29, 0.717) is 11.5 Å². The summed E-state index contributed by atoms with van der Waals surface area (Å²) in [5, 5.41) is 4.44. The van der Waals surface area contributed by atoms with Crippen LogP contribution in [0.1, 0.15) is 45.4 Å². The Labute approximate surface area is 152 Å². The molecule has 0 radical (unpaired) electrons. The van der Waals surface area contributed by atoms with Gasteiger partial charge >= 0.3 is 5.97 Å². The first-order valence-electron chi connectivity index (χ1n) is 8.50. The number of allylic oxidation sites excluding steroid dienone is 2. The molecule has 0 amide bonds. The summed E-state index contributed by atoms with van der Waals surface area (Å²) < 4.78 is 5.01. The number of hydrogen-bond acceptors (Lipinski definition) is 3. The molecule has 0 bridgehead atoms. The van der Waals surface area contributed by atoms with Gasteiger partial charge in [-0.25, -0.2) is 4.79 Å². The number of carbonyl (C=O) groups excluding carboxylic acids is 1. The summed E-state index contributed by atoms with van der Waals surface area (Å²) in [5.74, 6) is 0.312. The minimum Gasteiger partial charge on any atom is -0.465 e. The van der Waals surface area contributed by atoms with Gasteiger partial charge in [0.25, 0.3) is 0 Å². The van der Waals surface area contributed by atoms with Gasteiger partial charge in [-0.05, 0) is 54.2 Å². The van der Waals surface area contributed by atoms with Gasteiger partial charge in [0.05, 0.1) is 18.7 Å². The number of methoxy groups -OCH3 is 1. The number of anilines is 1. The number of rotatable bonds is 2. The molecule has 1 aliphatic carbocycles. The molecule has 1 heterocycles. The van der Waals surface area contributed by atoms with Crippen molar-refractivity contribution in [2.24, 2.45) is 5.92 Å². The number of hydrogen-bond donors (Lipinski definition) is 1. The lowest BCUT2D eigenvalue weighted by Gasteiger charge is -2.39. The van der Waals surface area contributed by atoms with Gasteiger partial charge in [0.1, 0.15) is 0 Å². The molecule has 0 saturated carbocycles. The van der Waals surface area contributed by atoms with Crippen LogP contribution in [0, 0.1) is 12.8 Å². The molecule has 2 aromatic carbocycles. The first-order valence-corrected chi connectivity index (χ1v) is 8.88. The molecule has 0 spiro atoms. The monoisotopic (exact) mass is 353 g/mol. The second kappa shape index (κ2) is 6.23. The van der Waals surface area contributed by atoms with Crippen molar-refractivity contribution in [3.8, 4) is 0 Å². The summed E-state index contributed by atoms with van der Waals surface area (Å²) in [4.78, 5) is 12.3. The average Bonchev–Trinajstić information content (AvgIpc) is 3.11. The van der Waals surface area contributed by atoms with Crippen LogP contribution < -0.4 is 5.32 Å². The average molecular weight is 354 g/mol. The van der Waals surface area contributed by atoms with E-state index in [2.05, 4.69) is 36.5 Å². The molecule has 4 rings (SSSR count). The van der Waals surface area contributed by atoms with Crippen LogP contribution in [0.25, 0.3) is 0 Å². The van der Waals surface area contributed by atoms with Crippen molar-refractivity contribution in [2.45, 2.75) is 25.3 Å². The number of halogens is 1. The molecule has 25 heavy (non-hydrogen) atoms. The van der Waals surface area contributed by atoms with Crippen LogP contribution in [0.3, 0.4) is 0 Å². The number of aryl methyl sites for hydroxylation is 1. The Bertz CT molecular complexity index is 857. The van der Waals surface area contributed by atoms with Crippen molar-refractivity contribution < 1.29 is 9.53 Å². The number of nitrogens with one attached hydrogen (secondary N) is 1. The van der Waals surface area contributed by atoms with Crippen LogP contribution in [0.15, 0.2) is 48.6 Å². The predicted molar refractivity (Wildman–Crippen MR) is 100 cm³/mol. The number of benzene rings is 2. The van der Waals surface area contributed by atoms with E-state index >= 15 is 0 Å². The van der Waals surface area contributed by atoms with Crippen molar-refractivity contribution in [3.05, 3.63) is 75.8 Å². The lowest BCUT2D eigenvalue weighted by molar-refractivity contribution is 0.0598. The van der Waals surface area contributed by atoms with Crippen molar-refractivity contribution in [1.82, 2.24) is 0 Å². The highest BCUT2D eigenvalue weighted by molar-refractivity contribution is 6.30. The van der Waals surface area contributed by atoms with Crippen LogP contribution in [-0.4, -0.2) is 13.1 Å². The lowest BCUT2D eigenvalue weighted by Crippen LogP contribution is -2.31. The number of ether oxygens (including phenoxy) is 1. The maximum absolute atomic E-state index is 12.3. The fourth-order valence-electron chi connectivity index (χ4n) is 4.14. The van der Waals surface area contributed by atoms with Gasteiger partial charge < -0.3 is 10.1 Å². The first-order chi connectivity index (χ1) is 12.1. The zero-order chi connectivity index (χ0) is 17.6. The highest BCUT2D eigenvalue weighted by Gasteiger charge is 2.40. The van der Waals surface area contributed by atoms with E-state index < -0.39 is 0 Å². The lowest BCUT2D eigenvalue weighted by atomic mass is 9.75. The number of fused-ring (bicyclic) bond motifs is 3. The van der Waals surface area contributed by atoms with Gasteiger partial charge in [-0.15, -0.1) is 0 Å². The second-order valence-electron chi connectivity index (χ2n) is 6.74. The quantitative estimate of drug-likeness (QED) is 0.591. The molecule has 0 aromatic heterocycles. The number of esters is 1. The Hall–Kier alpha value is -2.26. The summed E-state index contributed by atoms with van der Waals surface area (Å²) in [7, 11) is 1.43. The number of carbonyl (C=O) groups is 1. The summed E-state index contributed by atoms with van der Waals surface area (Å²) in [6, 6.07) is 12.1. The Morgan fingerprint density at radius 1 is 1.20 bits per heavy atom. The smallest absolute Gasteiger partial charge is 0.338 e. The van der Waals surface area contributed by atoms with Crippen molar-refractivity contribution in [3.63, 3.8) is 0 Å². The molecular formula is C21H20ClNO2. The third kappa shape index (κ3) is 2.63. The highest BCUT2D eigenvalue weighted by atomic mass is 35.5. The van der Waals surface area contributed by atoms with E-state index in [1.807, 2.05) is 24.3 Å². The van der Waals surface area contributed by atoms with Crippen LogP contribution in [-0.2, 0) is 4.74 Å². The van der Waals surface area contributed by atoms with Gasteiger partial charge in [-0.1, -0.05) is 42.0 Å². The molecule has 2 aromatic rings. The van der Waals surface area contributed by atoms with Crippen LogP contribution in [0.5, 0.6) is 0 Å². The van der Waals surface area contributed by atoms with Crippen molar-refractivity contribution >= 4 is 23.3 Å². The molecule has 4 heteroatoms. The first kappa shape index (κ1) is 16.2. The summed E-state index contributed by atoms with van der Waals surface area (Å²) in [5.41, 5.74) is 5.13. The van der Waals surface area contributed by atoms with E-state index in [9.17, 15) is 4.79 Å². The van der Waals surface area contributed by atoms with E-state index in [-0.39, 0.29) is 17.9 Å². The molecule has 0 fully saturated rings. The Kier molecular flexibility index (Phi) is 4.04. The molecule has 0 unspecified atom stereocenters. The molecule has 1 aliphatic heterocycles. The molecule has 128 valence electrons. The predicted octanol–water partition coefficient (Wildman–Crippen LogP) is 5.26. The zero-order valence-corrected chi connectivity index (χ0v) is 15.0. The van der Waals surface area contributed by atoms with E-state index in [1.54, 1.807) is 0 Å².